The zero-order valence-corrected chi connectivity index (χ0v) is 15.6. The molecule has 1 amide bonds. The first-order valence-corrected chi connectivity index (χ1v) is 9.64. The average molecular weight is 401 g/mol. The molecule has 0 aliphatic heterocycles. The molecule has 5 heteroatoms. The number of nitrogens with one attached hydrogen (secondary N) is 1. The SMILES string of the molecule is C[C@@H](NC(=O)C1C[C@H]1c1ccc2ccccc2n1)c1ccc(Br)s1. The fourth-order valence-electron chi connectivity index (χ4n) is 3.05. The minimum absolute atomic E-state index is 0.0413. The summed E-state index contributed by atoms with van der Waals surface area (Å²) in [5, 5.41) is 4.27. The second-order valence-corrected chi connectivity index (χ2v) is 8.74. The van der Waals surface area contributed by atoms with E-state index in [0.29, 0.717) is 0 Å². The van der Waals surface area contributed by atoms with Crippen LogP contribution in [0.4, 0.5) is 0 Å². The molecule has 3 nitrogen and oxygen atoms in total. The third-order valence-corrected chi connectivity index (χ3v) is 6.31. The van der Waals surface area contributed by atoms with E-state index in [1.54, 1.807) is 11.3 Å². The van der Waals surface area contributed by atoms with E-state index in [0.717, 1.165) is 31.7 Å². The van der Waals surface area contributed by atoms with Gasteiger partial charge in [0.2, 0.25) is 5.91 Å². The number of amides is 1. The van der Waals surface area contributed by atoms with E-state index in [-0.39, 0.29) is 23.8 Å². The summed E-state index contributed by atoms with van der Waals surface area (Å²) in [6.45, 7) is 2.03. The van der Waals surface area contributed by atoms with Gasteiger partial charge >= 0.3 is 0 Å². The zero-order chi connectivity index (χ0) is 16.7. The molecule has 0 radical (unpaired) electrons. The summed E-state index contributed by atoms with van der Waals surface area (Å²) in [6.07, 6.45) is 0.887. The lowest BCUT2D eigenvalue weighted by molar-refractivity contribution is -0.123. The van der Waals surface area contributed by atoms with Crippen molar-refractivity contribution in [3.05, 3.63) is 62.9 Å². The summed E-state index contributed by atoms with van der Waals surface area (Å²) >= 11 is 5.12. The van der Waals surface area contributed by atoms with Gasteiger partial charge in [-0.2, -0.15) is 0 Å². The van der Waals surface area contributed by atoms with Crippen molar-refractivity contribution >= 4 is 44.1 Å². The number of benzene rings is 1. The molecule has 2 aromatic heterocycles. The van der Waals surface area contributed by atoms with Crippen LogP contribution in [0.1, 0.15) is 35.9 Å². The summed E-state index contributed by atoms with van der Waals surface area (Å²) < 4.78 is 1.09. The Labute approximate surface area is 153 Å². The van der Waals surface area contributed by atoms with Crippen LogP contribution in [0, 0.1) is 5.92 Å². The normalized spacial score (nSPS) is 20.8. The molecule has 0 spiro atoms. The van der Waals surface area contributed by atoms with Gasteiger partial charge in [-0.1, -0.05) is 24.3 Å². The smallest absolute Gasteiger partial charge is 0.224 e. The lowest BCUT2D eigenvalue weighted by Crippen LogP contribution is -2.28. The first-order chi connectivity index (χ1) is 11.6. The standard InChI is InChI=1S/C19H17BrN2OS/c1-11(17-8-9-18(20)24-17)21-19(23)14-10-13(14)16-7-6-12-4-2-3-5-15(12)22-16/h2-9,11,13-14H,10H2,1H3,(H,21,23)/t11-,13-,14?/m1/s1. The van der Waals surface area contributed by atoms with E-state index in [1.165, 1.54) is 0 Å². The van der Waals surface area contributed by atoms with Gasteiger partial charge in [-0.25, -0.2) is 0 Å². The summed E-state index contributed by atoms with van der Waals surface area (Å²) in [6, 6.07) is 16.3. The second kappa shape index (κ2) is 6.30. The molecule has 2 heterocycles. The van der Waals surface area contributed by atoms with Crippen LogP contribution in [0.5, 0.6) is 0 Å². The quantitative estimate of drug-likeness (QED) is 0.666. The van der Waals surface area contributed by atoms with Gasteiger partial charge in [0.15, 0.2) is 0 Å². The van der Waals surface area contributed by atoms with Gasteiger partial charge in [0.05, 0.1) is 15.3 Å². The summed E-state index contributed by atoms with van der Waals surface area (Å²) in [5.41, 5.74) is 2.03. The molecule has 1 aromatic carbocycles. The number of aromatic nitrogens is 1. The second-order valence-electron chi connectivity index (χ2n) is 6.25. The maximum absolute atomic E-state index is 12.5. The van der Waals surface area contributed by atoms with Crippen LogP contribution in [0.25, 0.3) is 10.9 Å². The highest BCUT2D eigenvalue weighted by atomic mass is 79.9. The van der Waals surface area contributed by atoms with Crippen molar-refractivity contribution in [2.24, 2.45) is 5.92 Å². The van der Waals surface area contributed by atoms with E-state index >= 15 is 0 Å². The third-order valence-electron chi connectivity index (χ3n) is 4.51. The number of halogens is 1. The predicted molar refractivity (Wildman–Crippen MR) is 101 cm³/mol. The molecule has 4 rings (SSSR count). The summed E-state index contributed by atoms with van der Waals surface area (Å²) in [5.74, 6) is 0.424. The first-order valence-electron chi connectivity index (χ1n) is 8.03. The molecule has 1 aliphatic carbocycles. The Kier molecular flexibility index (Phi) is 4.14. The van der Waals surface area contributed by atoms with E-state index in [2.05, 4.69) is 45.5 Å². The maximum Gasteiger partial charge on any atom is 0.224 e. The van der Waals surface area contributed by atoms with Crippen molar-refractivity contribution in [1.29, 1.82) is 0 Å². The van der Waals surface area contributed by atoms with Crippen LogP contribution in [-0.2, 0) is 4.79 Å². The van der Waals surface area contributed by atoms with Crippen LogP contribution < -0.4 is 5.32 Å². The molecule has 1 N–H and O–H groups in total. The number of rotatable bonds is 4. The number of carbonyl (C=O) groups excluding carboxylic acids is 1. The lowest BCUT2D eigenvalue weighted by atomic mass is 10.1. The van der Waals surface area contributed by atoms with Gasteiger partial charge in [0, 0.05) is 27.8 Å². The van der Waals surface area contributed by atoms with Gasteiger partial charge in [-0.15, -0.1) is 11.3 Å². The number of carbonyl (C=O) groups is 1. The van der Waals surface area contributed by atoms with Crippen LogP contribution in [0.15, 0.2) is 52.3 Å². The van der Waals surface area contributed by atoms with Gasteiger partial charge in [-0.3, -0.25) is 9.78 Å². The number of hydrogen-bond donors (Lipinski definition) is 1. The monoisotopic (exact) mass is 400 g/mol. The first kappa shape index (κ1) is 15.8. The minimum Gasteiger partial charge on any atom is -0.349 e. The number of hydrogen-bond acceptors (Lipinski definition) is 3. The molecular formula is C19H17BrN2OS. The minimum atomic E-state index is 0.0413. The fourth-order valence-corrected chi connectivity index (χ4v) is 4.48. The van der Waals surface area contributed by atoms with Crippen molar-refractivity contribution in [1.82, 2.24) is 10.3 Å². The molecule has 1 unspecified atom stereocenters. The Bertz CT molecular complexity index is 907. The highest BCUT2D eigenvalue weighted by molar-refractivity contribution is 9.11. The maximum atomic E-state index is 12.5. The highest BCUT2D eigenvalue weighted by Gasteiger charge is 2.45. The zero-order valence-electron chi connectivity index (χ0n) is 13.2. The van der Waals surface area contributed by atoms with Crippen LogP contribution >= 0.6 is 27.3 Å². The van der Waals surface area contributed by atoms with E-state index in [1.807, 2.05) is 31.2 Å². The molecule has 122 valence electrons. The van der Waals surface area contributed by atoms with Gasteiger partial charge in [0.1, 0.15) is 0 Å². The number of pyridine rings is 1. The Balaban J connectivity index is 1.44. The topological polar surface area (TPSA) is 42.0 Å². The Morgan fingerprint density at radius 3 is 2.88 bits per heavy atom. The number of fused-ring (bicyclic) bond motifs is 1. The molecule has 3 atom stereocenters. The molecule has 0 bridgehead atoms. The molecule has 1 saturated carbocycles. The lowest BCUT2D eigenvalue weighted by Gasteiger charge is -2.12. The van der Waals surface area contributed by atoms with E-state index < -0.39 is 0 Å². The summed E-state index contributed by atoms with van der Waals surface area (Å²) in [7, 11) is 0. The van der Waals surface area contributed by atoms with Gasteiger partial charge < -0.3 is 5.32 Å². The third kappa shape index (κ3) is 3.10. The van der Waals surface area contributed by atoms with Crippen molar-refractivity contribution in [3.63, 3.8) is 0 Å². The molecule has 0 saturated heterocycles. The van der Waals surface area contributed by atoms with Crippen molar-refractivity contribution in [2.75, 3.05) is 0 Å². The molecule has 1 fully saturated rings. The number of thiophene rings is 1. The molecular weight excluding hydrogens is 384 g/mol. The van der Waals surface area contributed by atoms with Crippen molar-refractivity contribution < 1.29 is 4.79 Å². The average Bonchev–Trinajstić information content (AvgIpc) is 3.28. The molecule has 24 heavy (non-hydrogen) atoms. The number of para-hydroxylation sites is 1. The largest absolute Gasteiger partial charge is 0.349 e. The fraction of sp³-hybridized carbons (Fsp3) is 0.263. The summed E-state index contributed by atoms with van der Waals surface area (Å²) in [4.78, 5) is 18.4. The van der Waals surface area contributed by atoms with E-state index in [9.17, 15) is 4.79 Å². The molecule has 1 aliphatic rings. The number of nitrogens with zero attached hydrogens (tertiary/aromatic N) is 1. The molecule has 3 aromatic rings. The van der Waals surface area contributed by atoms with Crippen LogP contribution in [0.3, 0.4) is 0 Å². The van der Waals surface area contributed by atoms with Crippen molar-refractivity contribution in [3.8, 4) is 0 Å². The van der Waals surface area contributed by atoms with Crippen molar-refractivity contribution in [2.45, 2.75) is 25.3 Å². The van der Waals surface area contributed by atoms with Gasteiger partial charge in [-0.05, 0) is 53.5 Å². The van der Waals surface area contributed by atoms with Gasteiger partial charge in [0.25, 0.3) is 0 Å². The predicted octanol–water partition coefficient (Wildman–Crippen LogP) is 5.04. The Morgan fingerprint density at radius 1 is 1.25 bits per heavy atom. The highest BCUT2D eigenvalue weighted by Crippen LogP contribution is 2.47. The van der Waals surface area contributed by atoms with E-state index in [4.69, 9.17) is 4.98 Å². The Morgan fingerprint density at radius 2 is 2.08 bits per heavy atom. The van der Waals surface area contributed by atoms with Crippen LogP contribution in [-0.4, -0.2) is 10.9 Å². The van der Waals surface area contributed by atoms with Crippen LogP contribution in [0.2, 0.25) is 0 Å². The Hall–Kier alpha value is -1.72.